The van der Waals surface area contributed by atoms with Crippen LogP contribution in [0.15, 0.2) is 53.4 Å². The highest BCUT2D eigenvalue weighted by atomic mass is 32.2. The van der Waals surface area contributed by atoms with Crippen molar-refractivity contribution in [2.45, 2.75) is 50.6 Å². The summed E-state index contributed by atoms with van der Waals surface area (Å²) in [6.45, 7) is 4.87. The van der Waals surface area contributed by atoms with E-state index in [1.165, 1.54) is 23.1 Å². The fraction of sp³-hybridized carbons (Fsp3) is 0.375. The molecule has 3 rings (SSSR count). The molecular formula is C24H29N3O6S. The zero-order valence-corrected chi connectivity index (χ0v) is 20.2. The van der Waals surface area contributed by atoms with Gasteiger partial charge < -0.3 is 15.0 Å². The van der Waals surface area contributed by atoms with Crippen LogP contribution in [0.5, 0.6) is 0 Å². The number of ether oxygens (including phenoxy) is 1. The molecule has 1 aliphatic heterocycles. The standard InChI is InChI=1S/C24H29N3O6S/c1-15(2)23(26-21(28)12-17-7-5-4-6-8-17)24(30)33-14-22(29)27-16(3)11-18-13-19(34(25,31)32)9-10-20(18)27/h4-10,13,15-16,23H,11-12,14H2,1-3H3,(H,26,28)(H2,25,31,32)/t16?,23-/m0/s1. The number of nitrogens with one attached hydrogen (secondary N) is 1. The zero-order chi connectivity index (χ0) is 25.0. The average molecular weight is 488 g/mol. The number of sulfonamides is 1. The van der Waals surface area contributed by atoms with Crippen molar-refractivity contribution in [2.75, 3.05) is 11.5 Å². The lowest BCUT2D eigenvalue weighted by Gasteiger charge is -2.24. The SMILES string of the molecule is CC(C)[C@H](NC(=O)Cc1ccccc1)C(=O)OCC(=O)N1c2ccc(S(N)(=O)=O)cc2CC1C. The number of esters is 1. The fourth-order valence-corrected chi connectivity index (χ4v) is 4.52. The molecule has 0 fully saturated rings. The number of anilines is 1. The molecule has 2 amide bonds. The summed E-state index contributed by atoms with van der Waals surface area (Å²) in [4.78, 5) is 39.4. The van der Waals surface area contributed by atoms with Gasteiger partial charge in [0, 0.05) is 11.7 Å². The second kappa shape index (κ2) is 10.4. The number of rotatable bonds is 8. The van der Waals surface area contributed by atoms with Gasteiger partial charge in [-0.2, -0.15) is 0 Å². The molecule has 0 bridgehead atoms. The molecular weight excluding hydrogens is 458 g/mol. The zero-order valence-electron chi connectivity index (χ0n) is 19.4. The monoisotopic (exact) mass is 487 g/mol. The van der Waals surface area contributed by atoms with Gasteiger partial charge in [0.05, 0.1) is 11.3 Å². The number of carbonyl (C=O) groups is 3. The van der Waals surface area contributed by atoms with Gasteiger partial charge in [0.2, 0.25) is 15.9 Å². The molecule has 0 saturated heterocycles. The number of nitrogens with zero attached hydrogens (tertiary/aromatic N) is 1. The molecule has 3 N–H and O–H groups in total. The van der Waals surface area contributed by atoms with Crippen LogP contribution >= 0.6 is 0 Å². The van der Waals surface area contributed by atoms with Crippen molar-refractivity contribution in [1.29, 1.82) is 0 Å². The van der Waals surface area contributed by atoms with E-state index in [0.717, 1.165) is 5.56 Å². The number of hydrogen-bond acceptors (Lipinski definition) is 6. The summed E-state index contributed by atoms with van der Waals surface area (Å²) in [6.07, 6.45) is 0.571. The molecule has 1 aliphatic rings. The van der Waals surface area contributed by atoms with Gasteiger partial charge in [-0.25, -0.2) is 18.4 Å². The van der Waals surface area contributed by atoms with Crippen molar-refractivity contribution < 1.29 is 27.5 Å². The number of amides is 2. The summed E-state index contributed by atoms with van der Waals surface area (Å²) in [7, 11) is -3.86. The first-order valence-electron chi connectivity index (χ1n) is 10.9. The number of benzene rings is 2. The van der Waals surface area contributed by atoms with E-state index in [0.29, 0.717) is 17.7 Å². The largest absolute Gasteiger partial charge is 0.454 e. The summed E-state index contributed by atoms with van der Waals surface area (Å²) in [5, 5.41) is 7.89. The molecule has 9 nitrogen and oxygen atoms in total. The summed E-state index contributed by atoms with van der Waals surface area (Å²) in [5.74, 6) is -1.70. The van der Waals surface area contributed by atoms with Crippen molar-refractivity contribution in [3.05, 3.63) is 59.7 Å². The molecule has 10 heteroatoms. The number of primary sulfonamides is 1. The Morgan fingerprint density at radius 1 is 1.15 bits per heavy atom. The molecule has 2 atom stereocenters. The Labute approximate surface area is 199 Å². The Balaban J connectivity index is 1.63. The topological polar surface area (TPSA) is 136 Å². The fourth-order valence-electron chi connectivity index (χ4n) is 3.96. The molecule has 182 valence electrons. The maximum absolute atomic E-state index is 12.9. The van der Waals surface area contributed by atoms with Gasteiger partial charge >= 0.3 is 5.97 Å². The van der Waals surface area contributed by atoms with E-state index in [1.54, 1.807) is 13.8 Å². The van der Waals surface area contributed by atoms with Crippen LogP contribution in [-0.4, -0.2) is 44.9 Å². The summed E-state index contributed by atoms with van der Waals surface area (Å²) < 4.78 is 28.5. The Kier molecular flexibility index (Phi) is 7.73. The first kappa shape index (κ1) is 25.4. The smallest absolute Gasteiger partial charge is 0.329 e. The third-order valence-electron chi connectivity index (χ3n) is 5.65. The number of carbonyl (C=O) groups excluding carboxylic acids is 3. The van der Waals surface area contributed by atoms with Crippen LogP contribution in [0.3, 0.4) is 0 Å². The molecule has 2 aromatic rings. The third kappa shape index (κ3) is 6.00. The normalized spacial score (nSPS) is 16.1. The van der Waals surface area contributed by atoms with Crippen molar-refractivity contribution >= 4 is 33.5 Å². The molecule has 0 spiro atoms. The lowest BCUT2D eigenvalue weighted by atomic mass is 10.0. The van der Waals surface area contributed by atoms with Gasteiger partial charge in [-0.15, -0.1) is 0 Å². The van der Waals surface area contributed by atoms with E-state index in [-0.39, 0.29) is 29.2 Å². The molecule has 1 heterocycles. The Morgan fingerprint density at radius 3 is 2.44 bits per heavy atom. The van der Waals surface area contributed by atoms with Crippen LogP contribution in [0.25, 0.3) is 0 Å². The van der Waals surface area contributed by atoms with E-state index >= 15 is 0 Å². The van der Waals surface area contributed by atoms with Gasteiger partial charge in [0.15, 0.2) is 6.61 Å². The predicted molar refractivity (Wildman–Crippen MR) is 126 cm³/mol. The summed E-state index contributed by atoms with van der Waals surface area (Å²) in [5.41, 5.74) is 2.04. The first-order valence-corrected chi connectivity index (χ1v) is 12.5. The van der Waals surface area contributed by atoms with Crippen LogP contribution in [0.2, 0.25) is 0 Å². The third-order valence-corrected chi connectivity index (χ3v) is 6.56. The molecule has 0 radical (unpaired) electrons. The highest BCUT2D eigenvalue weighted by molar-refractivity contribution is 7.89. The minimum atomic E-state index is -3.86. The molecule has 2 aromatic carbocycles. The highest BCUT2D eigenvalue weighted by Gasteiger charge is 2.33. The molecule has 1 unspecified atom stereocenters. The number of nitrogens with two attached hydrogens (primary N) is 1. The van der Waals surface area contributed by atoms with Crippen molar-refractivity contribution in [1.82, 2.24) is 5.32 Å². The lowest BCUT2D eigenvalue weighted by molar-refractivity contribution is -0.152. The predicted octanol–water partition coefficient (Wildman–Crippen LogP) is 1.54. The van der Waals surface area contributed by atoms with Crippen LogP contribution in [-0.2, 0) is 42.0 Å². The average Bonchev–Trinajstić information content (AvgIpc) is 3.10. The van der Waals surface area contributed by atoms with Gasteiger partial charge in [0.25, 0.3) is 5.91 Å². The van der Waals surface area contributed by atoms with E-state index < -0.39 is 34.5 Å². The minimum absolute atomic E-state index is 0.0230. The lowest BCUT2D eigenvalue weighted by Crippen LogP contribution is -2.47. The number of fused-ring (bicyclic) bond motifs is 1. The maximum Gasteiger partial charge on any atom is 0.329 e. The number of hydrogen-bond donors (Lipinski definition) is 2. The van der Waals surface area contributed by atoms with E-state index in [2.05, 4.69) is 5.32 Å². The van der Waals surface area contributed by atoms with Gasteiger partial charge in [0.1, 0.15) is 6.04 Å². The molecule has 34 heavy (non-hydrogen) atoms. The van der Waals surface area contributed by atoms with E-state index in [9.17, 15) is 22.8 Å². The Bertz CT molecular complexity index is 1180. The van der Waals surface area contributed by atoms with Crippen molar-refractivity contribution in [3.8, 4) is 0 Å². The van der Waals surface area contributed by atoms with Gasteiger partial charge in [-0.3, -0.25) is 9.59 Å². The van der Waals surface area contributed by atoms with Crippen molar-refractivity contribution in [2.24, 2.45) is 11.1 Å². The van der Waals surface area contributed by atoms with E-state index in [1.807, 2.05) is 37.3 Å². The maximum atomic E-state index is 12.9. The first-order chi connectivity index (χ1) is 16.0. The molecule has 0 aromatic heterocycles. The quantitative estimate of drug-likeness (QED) is 0.542. The van der Waals surface area contributed by atoms with Crippen LogP contribution in [0, 0.1) is 5.92 Å². The van der Waals surface area contributed by atoms with Crippen LogP contribution in [0.4, 0.5) is 5.69 Å². The van der Waals surface area contributed by atoms with Crippen molar-refractivity contribution in [3.63, 3.8) is 0 Å². The Morgan fingerprint density at radius 2 is 1.82 bits per heavy atom. The van der Waals surface area contributed by atoms with E-state index in [4.69, 9.17) is 9.88 Å². The molecule has 0 aliphatic carbocycles. The molecule has 0 saturated carbocycles. The Hall–Kier alpha value is -3.24. The minimum Gasteiger partial charge on any atom is -0.454 e. The van der Waals surface area contributed by atoms with Gasteiger partial charge in [-0.05, 0) is 48.6 Å². The summed E-state index contributed by atoms with van der Waals surface area (Å²) in [6, 6.07) is 12.3. The second-order valence-electron chi connectivity index (χ2n) is 8.71. The van der Waals surface area contributed by atoms with Crippen LogP contribution < -0.4 is 15.4 Å². The summed E-state index contributed by atoms with van der Waals surface area (Å²) >= 11 is 0. The van der Waals surface area contributed by atoms with Crippen LogP contribution in [0.1, 0.15) is 31.9 Å². The van der Waals surface area contributed by atoms with Gasteiger partial charge in [-0.1, -0.05) is 44.2 Å². The second-order valence-corrected chi connectivity index (χ2v) is 10.3. The highest BCUT2D eigenvalue weighted by Crippen LogP contribution is 2.33.